The molecule has 0 aliphatic heterocycles. The van der Waals surface area contributed by atoms with Crippen LogP contribution in [0.5, 0.6) is 0 Å². The highest BCUT2D eigenvalue weighted by Crippen LogP contribution is 2.34. The Labute approximate surface area is 121 Å². The Hall–Kier alpha value is -1.96. The van der Waals surface area contributed by atoms with E-state index in [1.54, 1.807) is 6.92 Å². The lowest BCUT2D eigenvalue weighted by molar-refractivity contribution is -0.139. The van der Waals surface area contributed by atoms with Crippen LogP contribution in [0.2, 0.25) is 0 Å². The molecule has 0 fully saturated rings. The molecule has 0 atom stereocenters. The van der Waals surface area contributed by atoms with Crippen LogP contribution in [0.15, 0.2) is 23.6 Å². The van der Waals surface area contributed by atoms with Gasteiger partial charge < -0.3 is 4.74 Å². The SMILES string of the molecule is CCOC(=O)c1csc(-c2ccc(C(F)(F)F)c(F)c2)n1. The molecular weight excluding hydrogens is 310 g/mol. The van der Waals surface area contributed by atoms with E-state index in [0.29, 0.717) is 6.07 Å². The second-order valence-electron chi connectivity index (χ2n) is 3.95. The molecule has 1 heterocycles. The lowest BCUT2D eigenvalue weighted by atomic mass is 10.1. The fraction of sp³-hybridized carbons (Fsp3) is 0.231. The number of rotatable bonds is 3. The van der Waals surface area contributed by atoms with E-state index in [9.17, 15) is 22.4 Å². The van der Waals surface area contributed by atoms with Crippen LogP contribution in [0.3, 0.4) is 0 Å². The van der Waals surface area contributed by atoms with Gasteiger partial charge in [0.05, 0.1) is 12.2 Å². The molecule has 21 heavy (non-hydrogen) atoms. The minimum atomic E-state index is -4.75. The van der Waals surface area contributed by atoms with Gasteiger partial charge in [-0.05, 0) is 19.1 Å². The van der Waals surface area contributed by atoms with Crippen molar-refractivity contribution in [3.8, 4) is 10.6 Å². The van der Waals surface area contributed by atoms with E-state index >= 15 is 0 Å². The number of ether oxygens (including phenoxy) is 1. The van der Waals surface area contributed by atoms with Gasteiger partial charge in [0.25, 0.3) is 0 Å². The Morgan fingerprint density at radius 3 is 2.67 bits per heavy atom. The third-order valence-corrected chi connectivity index (χ3v) is 3.40. The number of aromatic nitrogens is 1. The Morgan fingerprint density at radius 1 is 1.38 bits per heavy atom. The summed E-state index contributed by atoms with van der Waals surface area (Å²) in [6, 6.07) is 2.51. The first kappa shape index (κ1) is 15.4. The largest absolute Gasteiger partial charge is 0.461 e. The predicted molar refractivity (Wildman–Crippen MR) is 68.5 cm³/mol. The maximum absolute atomic E-state index is 13.5. The Morgan fingerprint density at radius 2 is 2.10 bits per heavy atom. The summed E-state index contributed by atoms with van der Waals surface area (Å²) in [7, 11) is 0. The summed E-state index contributed by atoms with van der Waals surface area (Å²) in [6.07, 6.45) is -4.75. The van der Waals surface area contributed by atoms with E-state index in [4.69, 9.17) is 4.74 Å². The summed E-state index contributed by atoms with van der Waals surface area (Å²) >= 11 is 1.02. The van der Waals surface area contributed by atoms with Crippen molar-refractivity contribution in [2.24, 2.45) is 0 Å². The molecule has 0 radical (unpaired) electrons. The number of halogens is 4. The third-order valence-electron chi connectivity index (χ3n) is 2.51. The van der Waals surface area contributed by atoms with Crippen LogP contribution in [-0.2, 0) is 10.9 Å². The molecule has 1 aromatic carbocycles. The zero-order valence-electron chi connectivity index (χ0n) is 10.7. The van der Waals surface area contributed by atoms with Gasteiger partial charge in [0.2, 0.25) is 0 Å². The van der Waals surface area contributed by atoms with E-state index in [-0.39, 0.29) is 22.9 Å². The van der Waals surface area contributed by atoms with Crippen LogP contribution in [0, 0.1) is 5.82 Å². The second kappa shape index (κ2) is 5.80. The molecule has 8 heteroatoms. The highest BCUT2D eigenvalue weighted by atomic mass is 32.1. The molecule has 0 aliphatic carbocycles. The smallest absolute Gasteiger partial charge is 0.419 e. The molecule has 0 bridgehead atoms. The van der Waals surface area contributed by atoms with E-state index < -0.39 is 23.5 Å². The molecule has 3 nitrogen and oxygen atoms in total. The summed E-state index contributed by atoms with van der Waals surface area (Å²) in [5.41, 5.74) is -1.13. The van der Waals surface area contributed by atoms with E-state index in [2.05, 4.69) is 4.98 Å². The van der Waals surface area contributed by atoms with Gasteiger partial charge in [-0.3, -0.25) is 0 Å². The van der Waals surface area contributed by atoms with Crippen molar-refractivity contribution >= 4 is 17.3 Å². The van der Waals surface area contributed by atoms with Crippen molar-refractivity contribution in [2.45, 2.75) is 13.1 Å². The van der Waals surface area contributed by atoms with E-state index in [0.717, 1.165) is 23.5 Å². The first-order valence-corrected chi connectivity index (χ1v) is 6.70. The van der Waals surface area contributed by atoms with Crippen molar-refractivity contribution in [3.63, 3.8) is 0 Å². The van der Waals surface area contributed by atoms with Crippen LogP contribution in [0.1, 0.15) is 23.0 Å². The fourth-order valence-electron chi connectivity index (χ4n) is 1.58. The van der Waals surface area contributed by atoms with Crippen molar-refractivity contribution in [3.05, 3.63) is 40.7 Å². The van der Waals surface area contributed by atoms with Gasteiger partial charge in [0.1, 0.15) is 10.8 Å². The molecule has 112 valence electrons. The summed E-state index contributed by atoms with van der Waals surface area (Å²) in [5, 5.41) is 1.65. The number of carbonyl (C=O) groups excluding carboxylic acids is 1. The van der Waals surface area contributed by atoms with Crippen molar-refractivity contribution in [1.29, 1.82) is 0 Å². The van der Waals surface area contributed by atoms with Crippen LogP contribution in [-0.4, -0.2) is 17.6 Å². The number of carbonyl (C=O) groups is 1. The van der Waals surface area contributed by atoms with E-state index in [1.807, 2.05) is 0 Å². The molecule has 0 N–H and O–H groups in total. The zero-order valence-corrected chi connectivity index (χ0v) is 11.5. The normalized spacial score (nSPS) is 11.5. The van der Waals surface area contributed by atoms with Crippen molar-refractivity contribution in [2.75, 3.05) is 6.61 Å². The average Bonchev–Trinajstić information content (AvgIpc) is 2.87. The molecule has 0 aliphatic rings. The van der Waals surface area contributed by atoms with Crippen molar-refractivity contribution in [1.82, 2.24) is 4.98 Å². The number of hydrogen-bond acceptors (Lipinski definition) is 4. The minimum Gasteiger partial charge on any atom is -0.461 e. The van der Waals surface area contributed by atoms with E-state index in [1.165, 1.54) is 5.38 Å². The summed E-state index contributed by atoms with van der Waals surface area (Å²) in [6.45, 7) is 1.82. The van der Waals surface area contributed by atoms with Crippen LogP contribution < -0.4 is 0 Å². The monoisotopic (exact) mass is 319 g/mol. The summed E-state index contributed by atoms with van der Waals surface area (Å²) in [5.74, 6) is -2.01. The summed E-state index contributed by atoms with van der Waals surface area (Å²) in [4.78, 5) is 15.4. The molecule has 0 spiro atoms. The number of hydrogen-bond donors (Lipinski definition) is 0. The Bertz CT molecular complexity index is 666. The van der Waals surface area contributed by atoms with Gasteiger partial charge in [-0.2, -0.15) is 13.2 Å². The number of benzene rings is 1. The molecule has 0 amide bonds. The lowest BCUT2D eigenvalue weighted by Crippen LogP contribution is -2.08. The Kier molecular flexibility index (Phi) is 4.26. The van der Waals surface area contributed by atoms with Gasteiger partial charge in [-0.1, -0.05) is 6.07 Å². The Balaban J connectivity index is 2.31. The number of thiazole rings is 1. The van der Waals surface area contributed by atoms with Crippen LogP contribution >= 0.6 is 11.3 Å². The second-order valence-corrected chi connectivity index (χ2v) is 4.81. The van der Waals surface area contributed by atoms with Gasteiger partial charge in [0.15, 0.2) is 5.69 Å². The first-order chi connectivity index (χ1) is 9.82. The first-order valence-electron chi connectivity index (χ1n) is 5.82. The molecule has 0 saturated heterocycles. The zero-order chi connectivity index (χ0) is 15.6. The number of esters is 1. The van der Waals surface area contributed by atoms with Gasteiger partial charge in [-0.25, -0.2) is 14.2 Å². The highest BCUT2D eigenvalue weighted by molar-refractivity contribution is 7.13. The maximum Gasteiger partial charge on any atom is 0.419 e. The lowest BCUT2D eigenvalue weighted by Gasteiger charge is -2.08. The van der Waals surface area contributed by atoms with Gasteiger partial charge in [0, 0.05) is 10.9 Å². The van der Waals surface area contributed by atoms with Crippen LogP contribution in [0.4, 0.5) is 17.6 Å². The minimum absolute atomic E-state index is 0.0390. The number of nitrogens with zero attached hydrogens (tertiary/aromatic N) is 1. The molecule has 2 aromatic rings. The highest BCUT2D eigenvalue weighted by Gasteiger charge is 2.34. The third kappa shape index (κ3) is 3.38. The molecule has 0 unspecified atom stereocenters. The molecule has 2 rings (SSSR count). The fourth-order valence-corrected chi connectivity index (χ4v) is 2.37. The van der Waals surface area contributed by atoms with Crippen molar-refractivity contribution < 1.29 is 27.1 Å². The molecular formula is C13H9F4NO2S. The van der Waals surface area contributed by atoms with Gasteiger partial charge in [-0.15, -0.1) is 11.3 Å². The van der Waals surface area contributed by atoms with Gasteiger partial charge >= 0.3 is 12.1 Å². The topological polar surface area (TPSA) is 39.2 Å². The van der Waals surface area contributed by atoms with Crippen LogP contribution in [0.25, 0.3) is 10.6 Å². The quantitative estimate of drug-likeness (QED) is 0.630. The molecule has 1 aromatic heterocycles. The number of alkyl halides is 3. The standard InChI is InChI=1S/C13H9F4NO2S/c1-2-20-12(19)10-6-21-11(18-10)7-3-4-8(9(14)5-7)13(15,16)17/h3-6H,2H2,1H3. The average molecular weight is 319 g/mol. The predicted octanol–water partition coefficient (Wildman–Crippen LogP) is 4.14. The maximum atomic E-state index is 13.5. The summed E-state index contributed by atoms with van der Waals surface area (Å²) < 4.78 is 55.6. The molecule has 0 saturated carbocycles.